The lowest BCUT2D eigenvalue weighted by molar-refractivity contribution is -0.133. The number of halogens is 1. The van der Waals surface area contributed by atoms with E-state index in [-0.39, 0.29) is 24.2 Å². The molecule has 0 saturated heterocycles. The molecular weight excluding hydrogens is 264 g/mol. The lowest BCUT2D eigenvalue weighted by Crippen LogP contribution is -2.34. The smallest absolute Gasteiger partial charge is 0.226 e. The second-order valence-corrected chi connectivity index (χ2v) is 4.41. The van der Waals surface area contributed by atoms with Crippen LogP contribution in [-0.2, 0) is 11.3 Å². The fourth-order valence-electron chi connectivity index (χ4n) is 1.69. The lowest BCUT2D eigenvalue weighted by atomic mass is 10.1. The summed E-state index contributed by atoms with van der Waals surface area (Å²) in [5.74, 6) is 0.801. The Morgan fingerprint density at radius 2 is 1.95 bits per heavy atom. The maximum atomic E-state index is 11.9. The van der Waals surface area contributed by atoms with Gasteiger partial charge in [0.05, 0.1) is 6.61 Å². The summed E-state index contributed by atoms with van der Waals surface area (Å²) in [5, 5.41) is 0. The molecule has 1 rings (SSSR count). The second kappa shape index (κ2) is 8.77. The van der Waals surface area contributed by atoms with Gasteiger partial charge in [-0.05, 0) is 24.6 Å². The van der Waals surface area contributed by atoms with Crippen molar-refractivity contribution in [1.82, 2.24) is 4.90 Å². The summed E-state index contributed by atoms with van der Waals surface area (Å²) in [5.41, 5.74) is 6.58. The normalized spacial score (nSPS) is 11.4. The molecule has 0 aliphatic carbocycles. The Morgan fingerprint density at radius 3 is 2.42 bits per heavy atom. The molecular formula is C14H23ClN2O2. The minimum Gasteiger partial charge on any atom is -0.494 e. The van der Waals surface area contributed by atoms with Gasteiger partial charge in [0.2, 0.25) is 5.91 Å². The van der Waals surface area contributed by atoms with E-state index in [0.29, 0.717) is 19.7 Å². The summed E-state index contributed by atoms with van der Waals surface area (Å²) in [4.78, 5) is 13.6. The molecule has 0 saturated carbocycles. The molecule has 1 atom stereocenters. The van der Waals surface area contributed by atoms with Crippen LogP contribution in [0.4, 0.5) is 0 Å². The highest BCUT2D eigenvalue weighted by Crippen LogP contribution is 2.14. The summed E-state index contributed by atoms with van der Waals surface area (Å²) < 4.78 is 5.37. The minimum atomic E-state index is -0.127. The highest BCUT2D eigenvalue weighted by Gasteiger charge is 2.15. The van der Waals surface area contributed by atoms with Gasteiger partial charge >= 0.3 is 0 Å². The average molecular weight is 287 g/mol. The van der Waals surface area contributed by atoms with Crippen LogP contribution >= 0.6 is 12.4 Å². The number of carbonyl (C=O) groups excluding carboxylic acids is 1. The van der Waals surface area contributed by atoms with Crippen molar-refractivity contribution in [2.75, 3.05) is 20.2 Å². The highest BCUT2D eigenvalue weighted by atomic mass is 35.5. The van der Waals surface area contributed by atoms with Crippen LogP contribution in [0, 0.1) is 5.92 Å². The number of rotatable bonds is 6. The molecule has 0 spiro atoms. The fraction of sp³-hybridized carbons (Fsp3) is 0.500. The Hall–Kier alpha value is -1.26. The Labute approximate surface area is 121 Å². The van der Waals surface area contributed by atoms with E-state index >= 15 is 0 Å². The second-order valence-electron chi connectivity index (χ2n) is 4.41. The quantitative estimate of drug-likeness (QED) is 0.871. The summed E-state index contributed by atoms with van der Waals surface area (Å²) >= 11 is 0. The van der Waals surface area contributed by atoms with E-state index in [0.717, 1.165) is 11.3 Å². The molecule has 1 unspecified atom stereocenters. The maximum absolute atomic E-state index is 11.9. The van der Waals surface area contributed by atoms with Crippen LogP contribution in [0.3, 0.4) is 0 Å². The van der Waals surface area contributed by atoms with Crippen LogP contribution < -0.4 is 10.5 Å². The summed E-state index contributed by atoms with van der Waals surface area (Å²) in [6, 6.07) is 7.79. The zero-order valence-electron chi connectivity index (χ0n) is 11.8. The van der Waals surface area contributed by atoms with E-state index in [4.69, 9.17) is 10.5 Å². The van der Waals surface area contributed by atoms with Gasteiger partial charge in [-0.2, -0.15) is 0 Å². The molecule has 4 nitrogen and oxygen atoms in total. The van der Waals surface area contributed by atoms with Gasteiger partial charge in [0, 0.05) is 26.1 Å². The van der Waals surface area contributed by atoms with Crippen LogP contribution in [0.2, 0.25) is 0 Å². The summed E-state index contributed by atoms with van der Waals surface area (Å²) in [6.45, 7) is 5.43. The first-order valence-corrected chi connectivity index (χ1v) is 6.25. The molecule has 19 heavy (non-hydrogen) atoms. The van der Waals surface area contributed by atoms with Gasteiger partial charge in [-0.15, -0.1) is 12.4 Å². The number of nitrogens with two attached hydrogens (primary N) is 1. The van der Waals surface area contributed by atoms with Crippen molar-refractivity contribution in [2.45, 2.75) is 20.4 Å². The van der Waals surface area contributed by atoms with Crippen LogP contribution in [-0.4, -0.2) is 31.0 Å². The molecule has 0 fully saturated rings. The molecule has 0 radical (unpaired) electrons. The van der Waals surface area contributed by atoms with Gasteiger partial charge in [-0.1, -0.05) is 19.1 Å². The molecule has 2 N–H and O–H groups in total. The van der Waals surface area contributed by atoms with E-state index < -0.39 is 0 Å². The van der Waals surface area contributed by atoms with E-state index in [1.165, 1.54) is 0 Å². The van der Waals surface area contributed by atoms with Gasteiger partial charge in [0.15, 0.2) is 0 Å². The number of hydrogen-bond donors (Lipinski definition) is 1. The van der Waals surface area contributed by atoms with E-state index in [9.17, 15) is 4.79 Å². The van der Waals surface area contributed by atoms with Gasteiger partial charge in [0.25, 0.3) is 0 Å². The van der Waals surface area contributed by atoms with Crippen LogP contribution in [0.15, 0.2) is 24.3 Å². The molecule has 0 bridgehead atoms. The molecule has 1 amide bonds. The standard InChI is InChI=1S/C14H22N2O2.ClH/c1-4-18-13-7-5-12(6-8-13)10-16(3)14(17)11(2)9-15;/h5-8,11H,4,9-10,15H2,1-3H3;1H. The molecule has 0 aromatic heterocycles. The number of nitrogens with zero attached hydrogens (tertiary/aromatic N) is 1. The number of ether oxygens (including phenoxy) is 1. The van der Waals surface area contributed by atoms with Crippen molar-refractivity contribution >= 4 is 18.3 Å². The molecule has 5 heteroatoms. The maximum Gasteiger partial charge on any atom is 0.226 e. The molecule has 0 aliphatic rings. The number of hydrogen-bond acceptors (Lipinski definition) is 3. The topological polar surface area (TPSA) is 55.6 Å². The van der Waals surface area contributed by atoms with Crippen molar-refractivity contribution in [3.63, 3.8) is 0 Å². The third-order valence-corrected chi connectivity index (χ3v) is 2.81. The Balaban J connectivity index is 0.00000324. The molecule has 108 valence electrons. The molecule has 0 heterocycles. The van der Waals surface area contributed by atoms with Gasteiger partial charge < -0.3 is 15.4 Å². The fourth-order valence-corrected chi connectivity index (χ4v) is 1.69. The van der Waals surface area contributed by atoms with Crippen molar-refractivity contribution in [2.24, 2.45) is 11.7 Å². The average Bonchev–Trinajstić information content (AvgIpc) is 2.39. The van der Waals surface area contributed by atoms with E-state index in [1.54, 1.807) is 11.9 Å². The minimum absolute atomic E-state index is 0. The molecule has 1 aromatic rings. The number of benzene rings is 1. The van der Waals surface area contributed by atoms with Crippen molar-refractivity contribution < 1.29 is 9.53 Å². The SMILES string of the molecule is CCOc1ccc(CN(C)C(=O)C(C)CN)cc1.Cl. The van der Waals surface area contributed by atoms with Gasteiger partial charge in [-0.25, -0.2) is 0 Å². The molecule has 1 aromatic carbocycles. The zero-order chi connectivity index (χ0) is 13.5. The highest BCUT2D eigenvalue weighted by molar-refractivity contribution is 5.85. The number of carbonyl (C=O) groups is 1. The summed E-state index contributed by atoms with van der Waals surface area (Å²) in [7, 11) is 1.80. The largest absolute Gasteiger partial charge is 0.494 e. The third kappa shape index (κ3) is 5.49. The van der Waals surface area contributed by atoms with Crippen molar-refractivity contribution in [3.05, 3.63) is 29.8 Å². The predicted molar refractivity (Wildman–Crippen MR) is 79.6 cm³/mol. The lowest BCUT2D eigenvalue weighted by Gasteiger charge is -2.20. The molecule has 0 aliphatic heterocycles. The monoisotopic (exact) mass is 286 g/mol. The van der Waals surface area contributed by atoms with E-state index in [2.05, 4.69) is 0 Å². The van der Waals surface area contributed by atoms with Crippen molar-refractivity contribution in [1.29, 1.82) is 0 Å². The van der Waals surface area contributed by atoms with Crippen LogP contribution in [0.25, 0.3) is 0 Å². The Bertz CT molecular complexity index is 382. The zero-order valence-corrected chi connectivity index (χ0v) is 12.6. The summed E-state index contributed by atoms with van der Waals surface area (Å²) in [6.07, 6.45) is 0. The number of amides is 1. The first-order chi connectivity index (χ1) is 8.58. The van der Waals surface area contributed by atoms with Crippen LogP contribution in [0.1, 0.15) is 19.4 Å². The third-order valence-electron chi connectivity index (χ3n) is 2.81. The Kier molecular flexibility index (Phi) is 8.19. The first kappa shape index (κ1) is 17.7. The van der Waals surface area contributed by atoms with Crippen LogP contribution in [0.5, 0.6) is 5.75 Å². The van der Waals surface area contributed by atoms with Gasteiger partial charge in [0.1, 0.15) is 5.75 Å². The van der Waals surface area contributed by atoms with Gasteiger partial charge in [-0.3, -0.25) is 4.79 Å². The Morgan fingerprint density at radius 1 is 1.37 bits per heavy atom. The predicted octanol–water partition coefficient (Wildman–Crippen LogP) is 2.06. The van der Waals surface area contributed by atoms with Crippen molar-refractivity contribution in [3.8, 4) is 5.75 Å². The first-order valence-electron chi connectivity index (χ1n) is 6.25. The van der Waals surface area contributed by atoms with E-state index in [1.807, 2.05) is 38.1 Å².